The number of benzene rings is 1. The topological polar surface area (TPSA) is 87.7 Å². The van der Waals surface area contributed by atoms with Crippen molar-refractivity contribution in [3.63, 3.8) is 0 Å². The standard InChI is InChI=1S/C19H27N3O4/c1-13(21-18(25)26-19(2,3)4)17(24)22-11-10-20-16(23)12-15(22)14-8-6-5-7-9-14/h5-9,13,15H,10-12H2,1-4H3,(H,20,23)(H,21,25)/t13-,15+/m0/s1. The molecule has 0 spiro atoms. The first-order valence-corrected chi connectivity index (χ1v) is 8.79. The van der Waals surface area contributed by atoms with Crippen LogP contribution >= 0.6 is 0 Å². The summed E-state index contributed by atoms with van der Waals surface area (Å²) in [6.07, 6.45) is -0.451. The van der Waals surface area contributed by atoms with Gasteiger partial charge in [-0.2, -0.15) is 0 Å². The van der Waals surface area contributed by atoms with E-state index in [0.717, 1.165) is 5.56 Å². The van der Waals surface area contributed by atoms with Gasteiger partial charge in [-0.05, 0) is 33.3 Å². The number of alkyl carbamates (subject to hydrolysis) is 1. The quantitative estimate of drug-likeness (QED) is 0.862. The number of nitrogens with zero attached hydrogens (tertiary/aromatic N) is 1. The van der Waals surface area contributed by atoms with Gasteiger partial charge in [0.2, 0.25) is 11.8 Å². The second-order valence-electron chi connectivity index (χ2n) is 7.38. The fourth-order valence-corrected chi connectivity index (χ4v) is 2.86. The fraction of sp³-hybridized carbons (Fsp3) is 0.526. The molecule has 2 N–H and O–H groups in total. The lowest BCUT2D eigenvalue weighted by atomic mass is 10.0. The number of hydrogen-bond acceptors (Lipinski definition) is 4. The molecule has 0 aliphatic carbocycles. The Kier molecular flexibility index (Phi) is 6.23. The van der Waals surface area contributed by atoms with Gasteiger partial charge in [0.1, 0.15) is 11.6 Å². The van der Waals surface area contributed by atoms with Crippen LogP contribution in [0.15, 0.2) is 30.3 Å². The zero-order valence-electron chi connectivity index (χ0n) is 15.7. The molecule has 1 saturated heterocycles. The summed E-state index contributed by atoms with van der Waals surface area (Å²) in [5.74, 6) is -0.344. The van der Waals surface area contributed by atoms with Crippen molar-refractivity contribution < 1.29 is 19.1 Å². The Bertz CT molecular complexity index is 654. The lowest BCUT2D eigenvalue weighted by Crippen LogP contribution is -2.49. The first-order chi connectivity index (χ1) is 12.2. The Hall–Kier alpha value is -2.57. The zero-order valence-corrected chi connectivity index (χ0v) is 15.7. The van der Waals surface area contributed by atoms with E-state index < -0.39 is 17.7 Å². The van der Waals surface area contributed by atoms with Crippen LogP contribution in [0.1, 0.15) is 45.7 Å². The largest absolute Gasteiger partial charge is 0.444 e. The Labute approximate surface area is 154 Å². The van der Waals surface area contributed by atoms with Crippen LogP contribution in [0.25, 0.3) is 0 Å². The average Bonchev–Trinajstić information content (AvgIpc) is 2.74. The molecular weight excluding hydrogens is 334 g/mol. The maximum absolute atomic E-state index is 13.0. The highest BCUT2D eigenvalue weighted by molar-refractivity contribution is 5.87. The van der Waals surface area contributed by atoms with Crippen molar-refractivity contribution in [1.82, 2.24) is 15.5 Å². The molecule has 7 nitrogen and oxygen atoms in total. The lowest BCUT2D eigenvalue weighted by Gasteiger charge is -2.32. The van der Waals surface area contributed by atoms with Crippen LogP contribution in [0.3, 0.4) is 0 Å². The average molecular weight is 361 g/mol. The van der Waals surface area contributed by atoms with Crippen LogP contribution in [0.4, 0.5) is 4.79 Å². The van der Waals surface area contributed by atoms with Crippen molar-refractivity contribution in [2.24, 2.45) is 0 Å². The minimum atomic E-state index is -0.760. The number of rotatable bonds is 3. The van der Waals surface area contributed by atoms with Crippen LogP contribution < -0.4 is 10.6 Å². The van der Waals surface area contributed by atoms with Crippen molar-refractivity contribution in [1.29, 1.82) is 0 Å². The number of carbonyl (C=O) groups excluding carboxylic acids is 3. The van der Waals surface area contributed by atoms with Crippen LogP contribution in [0.2, 0.25) is 0 Å². The van der Waals surface area contributed by atoms with Crippen molar-refractivity contribution in [3.8, 4) is 0 Å². The predicted molar refractivity (Wildman–Crippen MR) is 97.4 cm³/mol. The fourth-order valence-electron chi connectivity index (χ4n) is 2.86. The summed E-state index contributed by atoms with van der Waals surface area (Å²) < 4.78 is 5.21. The molecule has 0 saturated carbocycles. The van der Waals surface area contributed by atoms with Gasteiger partial charge >= 0.3 is 6.09 Å². The predicted octanol–water partition coefficient (Wildman–Crippen LogP) is 1.99. The number of nitrogens with one attached hydrogen (secondary N) is 2. The van der Waals surface area contributed by atoms with Gasteiger partial charge < -0.3 is 20.3 Å². The van der Waals surface area contributed by atoms with E-state index in [0.29, 0.717) is 13.1 Å². The summed E-state index contributed by atoms with van der Waals surface area (Å²) in [5, 5.41) is 5.37. The van der Waals surface area contributed by atoms with E-state index in [1.807, 2.05) is 30.3 Å². The first-order valence-electron chi connectivity index (χ1n) is 8.79. The maximum atomic E-state index is 13.0. The molecule has 0 aromatic heterocycles. The molecule has 142 valence electrons. The molecule has 1 fully saturated rings. The molecule has 3 amide bonds. The Morgan fingerprint density at radius 2 is 1.92 bits per heavy atom. The summed E-state index contributed by atoms with van der Waals surface area (Å²) in [6, 6.07) is 8.31. The monoisotopic (exact) mass is 361 g/mol. The van der Waals surface area contributed by atoms with Crippen LogP contribution in [0, 0.1) is 0 Å². The molecule has 1 aromatic rings. The highest BCUT2D eigenvalue weighted by Gasteiger charge is 2.33. The molecule has 1 aliphatic heterocycles. The maximum Gasteiger partial charge on any atom is 0.408 e. The highest BCUT2D eigenvalue weighted by atomic mass is 16.6. The van der Waals surface area contributed by atoms with Gasteiger partial charge in [0.15, 0.2) is 0 Å². The van der Waals surface area contributed by atoms with Gasteiger partial charge in [-0.3, -0.25) is 9.59 Å². The summed E-state index contributed by atoms with van der Waals surface area (Å²) >= 11 is 0. The van der Waals surface area contributed by atoms with Gasteiger partial charge in [0, 0.05) is 13.1 Å². The Morgan fingerprint density at radius 3 is 2.54 bits per heavy atom. The third-order valence-corrected chi connectivity index (χ3v) is 4.00. The minimum Gasteiger partial charge on any atom is -0.444 e. The van der Waals surface area contributed by atoms with Gasteiger partial charge in [0.05, 0.1) is 12.5 Å². The van der Waals surface area contributed by atoms with Crippen molar-refractivity contribution in [2.45, 2.75) is 51.8 Å². The smallest absolute Gasteiger partial charge is 0.408 e. The van der Waals surface area contributed by atoms with Gasteiger partial charge in [0.25, 0.3) is 0 Å². The molecule has 26 heavy (non-hydrogen) atoms. The number of hydrogen-bond donors (Lipinski definition) is 2. The van der Waals surface area contributed by atoms with E-state index in [-0.39, 0.29) is 24.3 Å². The zero-order chi connectivity index (χ0) is 19.3. The molecule has 0 radical (unpaired) electrons. The summed E-state index contributed by atoms with van der Waals surface area (Å²) in [5.41, 5.74) is 0.251. The molecular formula is C19H27N3O4. The number of carbonyl (C=O) groups is 3. The Balaban J connectivity index is 2.15. The van der Waals surface area contributed by atoms with Crippen molar-refractivity contribution >= 4 is 17.9 Å². The van der Waals surface area contributed by atoms with Gasteiger partial charge in [-0.1, -0.05) is 30.3 Å². The molecule has 2 atom stereocenters. The van der Waals surface area contributed by atoms with E-state index in [4.69, 9.17) is 4.74 Å². The lowest BCUT2D eigenvalue weighted by molar-refractivity contribution is -0.135. The SMILES string of the molecule is C[C@H](NC(=O)OC(C)(C)C)C(=O)N1CCNC(=O)C[C@@H]1c1ccccc1. The van der Waals surface area contributed by atoms with E-state index >= 15 is 0 Å². The van der Waals surface area contributed by atoms with E-state index in [9.17, 15) is 14.4 Å². The molecule has 7 heteroatoms. The number of ether oxygens (including phenoxy) is 1. The molecule has 1 heterocycles. The summed E-state index contributed by atoms with van der Waals surface area (Å²) in [7, 11) is 0. The third-order valence-electron chi connectivity index (χ3n) is 4.00. The highest BCUT2D eigenvalue weighted by Crippen LogP contribution is 2.26. The van der Waals surface area contributed by atoms with E-state index in [2.05, 4.69) is 10.6 Å². The normalized spacial score (nSPS) is 19.2. The minimum absolute atomic E-state index is 0.0955. The van der Waals surface area contributed by atoms with Crippen molar-refractivity contribution in [3.05, 3.63) is 35.9 Å². The molecule has 1 aliphatic rings. The number of amides is 3. The Morgan fingerprint density at radius 1 is 1.27 bits per heavy atom. The van der Waals surface area contributed by atoms with Gasteiger partial charge in [-0.25, -0.2) is 4.79 Å². The van der Waals surface area contributed by atoms with E-state index in [1.54, 1.807) is 32.6 Å². The second kappa shape index (κ2) is 8.21. The van der Waals surface area contributed by atoms with Crippen molar-refractivity contribution in [2.75, 3.05) is 13.1 Å². The second-order valence-corrected chi connectivity index (χ2v) is 7.38. The van der Waals surface area contributed by atoms with Crippen LogP contribution in [-0.2, 0) is 14.3 Å². The van der Waals surface area contributed by atoms with Crippen LogP contribution in [-0.4, -0.2) is 47.5 Å². The first kappa shape index (κ1) is 19.8. The summed E-state index contributed by atoms with van der Waals surface area (Å²) in [4.78, 5) is 38.6. The molecule has 0 bridgehead atoms. The van der Waals surface area contributed by atoms with Crippen LogP contribution in [0.5, 0.6) is 0 Å². The molecule has 1 aromatic carbocycles. The third kappa shape index (κ3) is 5.47. The van der Waals surface area contributed by atoms with Gasteiger partial charge in [-0.15, -0.1) is 0 Å². The van der Waals surface area contributed by atoms with E-state index in [1.165, 1.54) is 0 Å². The molecule has 2 rings (SSSR count). The summed E-state index contributed by atoms with van der Waals surface area (Å²) in [6.45, 7) is 7.66. The molecule has 0 unspecified atom stereocenters.